The second kappa shape index (κ2) is 4.79. The molecular formula is C10H5Cl2N3S. The first-order valence-electron chi connectivity index (χ1n) is 4.27. The molecule has 16 heavy (non-hydrogen) atoms. The molecule has 0 saturated heterocycles. The van der Waals surface area contributed by atoms with Crippen LogP contribution >= 0.6 is 35.0 Å². The molecule has 1 heterocycles. The zero-order chi connectivity index (χ0) is 11.5. The molecule has 0 amide bonds. The number of aromatic nitrogens is 2. The number of H-pyrrole nitrogens is 1. The third-order valence-electron chi connectivity index (χ3n) is 1.83. The number of nitriles is 1. The van der Waals surface area contributed by atoms with Crippen molar-refractivity contribution in [3.05, 3.63) is 40.0 Å². The molecule has 2 aromatic rings. The molecule has 0 spiro atoms. The number of nitrogens with zero attached hydrogens (tertiary/aromatic N) is 2. The number of hydrogen-bond donors (Lipinski definition) is 1. The van der Waals surface area contributed by atoms with E-state index in [-0.39, 0.29) is 0 Å². The van der Waals surface area contributed by atoms with Crippen molar-refractivity contribution < 1.29 is 0 Å². The highest BCUT2D eigenvalue weighted by Crippen LogP contribution is 2.35. The Morgan fingerprint density at radius 2 is 2.19 bits per heavy atom. The monoisotopic (exact) mass is 269 g/mol. The van der Waals surface area contributed by atoms with Gasteiger partial charge in [0, 0.05) is 16.1 Å². The lowest BCUT2D eigenvalue weighted by Gasteiger charge is -2.02. The van der Waals surface area contributed by atoms with E-state index in [0.717, 1.165) is 4.90 Å². The van der Waals surface area contributed by atoms with Crippen LogP contribution in [0.4, 0.5) is 0 Å². The summed E-state index contributed by atoms with van der Waals surface area (Å²) in [5, 5.41) is 17.2. The number of hydrogen-bond acceptors (Lipinski definition) is 3. The number of rotatable bonds is 2. The van der Waals surface area contributed by atoms with E-state index in [4.69, 9.17) is 28.5 Å². The number of aromatic amines is 1. The van der Waals surface area contributed by atoms with Crippen molar-refractivity contribution in [2.75, 3.05) is 0 Å². The zero-order valence-corrected chi connectivity index (χ0v) is 10.2. The summed E-state index contributed by atoms with van der Waals surface area (Å²) in [5.74, 6) is 0. The van der Waals surface area contributed by atoms with Crippen LogP contribution in [0, 0.1) is 11.3 Å². The minimum atomic E-state index is 0.487. The van der Waals surface area contributed by atoms with Crippen LogP contribution < -0.4 is 0 Å². The van der Waals surface area contributed by atoms with Crippen LogP contribution in [0.1, 0.15) is 5.56 Å². The molecule has 0 aliphatic rings. The summed E-state index contributed by atoms with van der Waals surface area (Å²) < 4.78 is 0. The molecule has 0 fully saturated rings. The number of halogens is 2. The molecule has 2 rings (SSSR count). The normalized spacial score (nSPS) is 10.1. The maximum atomic E-state index is 8.83. The quantitative estimate of drug-likeness (QED) is 0.904. The maximum absolute atomic E-state index is 8.83. The Bertz CT molecular complexity index is 559. The van der Waals surface area contributed by atoms with Gasteiger partial charge in [0.05, 0.1) is 5.02 Å². The van der Waals surface area contributed by atoms with Crippen LogP contribution in [0.15, 0.2) is 34.3 Å². The summed E-state index contributed by atoms with van der Waals surface area (Å²) >= 11 is 13.2. The van der Waals surface area contributed by atoms with Gasteiger partial charge in [-0.25, -0.2) is 0 Å². The van der Waals surface area contributed by atoms with Crippen LogP contribution in [-0.4, -0.2) is 10.2 Å². The van der Waals surface area contributed by atoms with Gasteiger partial charge in [-0.3, -0.25) is 5.10 Å². The second-order valence-electron chi connectivity index (χ2n) is 2.89. The summed E-state index contributed by atoms with van der Waals surface area (Å²) in [4.78, 5) is 0.776. The fourth-order valence-corrected chi connectivity index (χ4v) is 2.44. The maximum Gasteiger partial charge on any atom is 0.141 e. The van der Waals surface area contributed by atoms with Crippen LogP contribution in [-0.2, 0) is 0 Å². The fraction of sp³-hybridized carbons (Fsp3) is 0. The van der Waals surface area contributed by atoms with Gasteiger partial charge < -0.3 is 0 Å². The van der Waals surface area contributed by atoms with E-state index >= 15 is 0 Å². The predicted molar refractivity (Wildman–Crippen MR) is 63.9 cm³/mol. The standard InChI is InChI=1S/C10H5Cl2N3S/c11-7-1-2-8(12)9(3-7)16-10-6(4-13)5-14-15-10/h1-3,5H,(H,14,15). The lowest BCUT2D eigenvalue weighted by Crippen LogP contribution is -1.79. The molecule has 1 aromatic heterocycles. The molecular weight excluding hydrogens is 265 g/mol. The van der Waals surface area contributed by atoms with E-state index in [9.17, 15) is 0 Å². The lowest BCUT2D eigenvalue weighted by atomic mass is 10.4. The topological polar surface area (TPSA) is 52.5 Å². The van der Waals surface area contributed by atoms with E-state index in [1.165, 1.54) is 11.8 Å². The highest BCUT2D eigenvalue weighted by atomic mass is 35.5. The highest BCUT2D eigenvalue weighted by Gasteiger charge is 2.10. The molecule has 1 N–H and O–H groups in total. The predicted octanol–water partition coefficient (Wildman–Crippen LogP) is 3.74. The molecule has 80 valence electrons. The van der Waals surface area contributed by atoms with E-state index in [1.54, 1.807) is 24.4 Å². The van der Waals surface area contributed by atoms with Gasteiger partial charge in [0.1, 0.15) is 16.7 Å². The fourth-order valence-electron chi connectivity index (χ4n) is 1.09. The number of nitrogens with one attached hydrogen (secondary N) is 1. The molecule has 0 aliphatic heterocycles. The van der Waals surface area contributed by atoms with Crippen molar-refractivity contribution in [3.8, 4) is 6.07 Å². The first-order valence-corrected chi connectivity index (χ1v) is 5.84. The van der Waals surface area contributed by atoms with E-state index < -0.39 is 0 Å². The third kappa shape index (κ3) is 2.33. The largest absolute Gasteiger partial charge is 0.283 e. The first-order chi connectivity index (χ1) is 7.70. The van der Waals surface area contributed by atoms with Gasteiger partial charge in [-0.05, 0) is 18.2 Å². The highest BCUT2D eigenvalue weighted by molar-refractivity contribution is 7.99. The van der Waals surface area contributed by atoms with Crippen molar-refractivity contribution in [1.29, 1.82) is 5.26 Å². The molecule has 0 radical (unpaired) electrons. The summed E-state index contributed by atoms with van der Waals surface area (Å²) in [6, 6.07) is 7.20. The van der Waals surface area contributed by atoms with Crippen molar-refractivity contribution in [2.45, 2.75) is 9.92 Å². The average Bonchev–Trinajstić information content (AvgIpc) is 2.71. The molecule has 0 atom stereocenters. The number of benzene rings is 1. The van der Waals surface area contributed by atoms with Gasteiger partial charge in [-0.15, -0.1) is 0 Å². The Balaban J connectivity index is 2.34. The Hall–Kier alpha value is -1.15. The summed E-state index contributed by atoms with van der Waals surface area (Å²) in [5.41, 5.74) is 0.487. The van der Waals surface area contributed by atoms with Gasteiger partial charge in [-0.1, -0.05) is 35.0 Å². The van der Waals surface area contributed by atoms with Gasteiger partial charge in [-0.2, -0.15) is 10.4 Å². The van der Waals surface area contributed by atoms with Crippen molar-refractivity contribution in [1.82, 2.24) is 10.2 Å². The minimum absolute atomic E-state index is 0.487. The van der Waals surface area contributed by atoms with Crippen molar-refractivity contribution in [3.63, 3.8) is 0 Å². The van der Waals surface area contributed by atoms with Gasteiger partial charge in [0.15, 0.2) is 0 Å². The van der Waals surface area contributed by atoms with Gasteiger partial charge >= 0.3 is 0 Å². The Labute approximate surface area is 106 Å². The van der Waals surface area contributed by atoms with Crippen molar-refractivity contribution in [2.24, 2.45) is 0 Å². The third-order valence-corrected chi connectivity index (χ3v) is 3.56. The van der Waals surface area contributed by atoms with Crippen LogP contribution in [0.5, 0.6) is 0 Å². The molecule has 0 bridgehead atoms. The zero-order valence-electron chi connectivity index (χ0n) is 7.87. The Kier molecular flexibility index (Phi) is 3.39. The summed E-state index contributed by atoms with van der Waals surface area (Å²) in [7, 11) is 0. The van der Waals surface area contributed by atoms with Crippen LogP contribution in [0.25, 0.3) is 0 Å². The average molecular weight is 270 g/mol. The van der Waals surface area contributed by atoms with Gasteiger partial charge in [0.2, 0.25) is 0 Å². The molecule has 0 saturated carbocycles. The minimum Gasteiger partial charge on any atom is -0.283 e. The lowest BCUT2D eigenvalue weighted by molar-refractivity contribution is 1.00. The Morgan fingerprint density at radius 3 is 2.94 bits per heavy atom. The van der Waals surface area contributed by atoms with E-state index in [1.807, 2.05) is 6.07 Å². The van der Waals surface area contributed by atoms with Crippen LogP contribution in [0.2, 0.25) is 10.0 Å². The smallest absolute Gasteiger partial charge is 0.141 e. The molecule has 6 heteroatoms. The molecule has 1 aromatic carbocycles. The van der Waals surface area contributed by atoms with Crippen molar-refractivity contribution >= 4 is 35.0 Å². The SMILES string of the molecule is N#Cc1c[nH]nc1Sc1cc(Cl)ccc1Cl. The van der Waals surface area contributed by atoms with Gasteiger partial charge in [0.25, 0.3) is 0 Å². The molecule has 0 unspecified atom stereocenters. The first kappa shape index (κ1) is 11.3. The molecule has 3 nitrogen and oxygen atoms in total. The molecule has 0 aliphatic carbocycles. The van der Waals surface area contributed by atoms with Crippen LogP contribution in [0.3, 0.4) is 0 Å². The van der Waals surface area contributed by atoms with E-state index in [0.29, 0.717) is 20.6 Å². The summed E-state index contributed by atoms with van der Waals surface area (Å²) in [6.45, 7) is 0. The van der Waals surface area contributed by atoms with E-state index in [2.05, 4.69) is 10.2 Å². The Morgan fingerprint density at radius 1 is 1.38 bits per heavy atom. The summed E-state index contributed by atoms with van der Waals surface area (Å²) in [6.07, 6.45) is 1.54. The second-order valence-corrected chi connectivity index (χ2v) is 4.77.